The van der Waals surface area contributed by atoms with Gasteiger partial charge in [0.1, 0.15) is 5.75 Å². The molecule has 0 heterocycles. The molecule has 18 heavy (non-hydrogen) atoms. The Morgan fingerprint density at radius 1 is 1.06 bits per heavy atom. The van der Waals surface area contributed by atoms with E-state index in [9.17, 15) is 5.11 Å². The van der Waals surface area contributed by atoms with Crippen molar-refractivity contribution in [3.05, 3.63) is 63.2 Å². The summed E-state index contributed by atoms with van der Waals surface area (Å²) in [5.74, 6) is 0.310. The van der Waals surface area contributed by atoms with Crippen molar-refractivity contribution in [3.8, 4) is 5.75 Å². The zero-order valence-corrected chi connectivity index (χ0v) is 12.4. The third-order valence-corrected chi connectivity index (χ3v) is 3.64. The molecule has 0 fully saturated rings. The number of nitrogens with one attached hydrogen (secondary N) is 1. The predicted octanol–water partition coefficient (Wildman–Crippen LogP) is 3.85. The molecule has 2 aromatic carbocycles. The molecular formula is C15H16INO. The molecule has 0 bridgehead atoms. The van der Waals surface area contributed by atoms with Crippen LogP contribution in [-0.2, 0) is 6.54 Å². The normalized spacial score (nSPS) is 12.3. The summed E-state index contributed by atoms with van der Waals surface area (Å²) in [6.45, 7) is 2.95. The predicted molar refractivity (Wildman–Crippen MR) is 82.5 cm³/mol. The minimum atomic E-state index is 0.310. The monoisotopic (exact) mass is 353 g/mol. The lowest BCUT2D eigenvalue weighted by Gasteiger charge is -2.14. The molecule has 0 aliphatic rings. The molecule has 1 atom stereocenters. The summed E-state index contributed by atoms with van der Waals surface area (Å²) in [6, 6.07) is 16.1. The van der Waals surface area contributed by atoms with Crippen molar-refractivity contribution in [1.82, 2.24) is 5.32 Å². The van der Waals surface area contributed by atoms with Crippen molar-refractivity contribution in [2.45, 2.75) is 19.5 Å². The summed E-state index contributed by atoms with van der Waals surface area (Å²) in [5.41, 5.74) is 2.46. The molecule has 3 heteroatoms. The lowest BCUT2D eigenvalue weighted by atomic mass is 10.1. The number of hydrogen-bond acceptors (Lipinski definition) is 2. The Morgan fingerprint density at radius 2 is 1.67 bits per heavy atom. The largest absolute Gasteiger partial charge is 0.508 e. The maximum Gasteiger partial charge on any atom is 0.115 e. The number of halogens is 1. The standard InChI is InChI=1S/C15H16INO/c1-11(13-4-6-14(16)7-5-13)17-10-12-2-8-15(18)9-3-12/h2-9,11,17-18H,10H2,1H3. The first kappa shape index (κ1) is 13.4. The smallest absolute Gasteiger partial charge is 0.115 e. The van der Waals surface area contributed by atoms with E-state index in [1.807, 2.05) is 12.1 Å². The first-order chi connectivity index (χ1) is 8.65. The highest BCUT2D eigenvalue weighted by Crippen LogP contribution is 2.16. The Balaban J connectivity index is 1.93. The van der Waals surface area contributed by atoms with E-state index in [4.69, 9.17) is 0 Å². The van der Waals surface area contributed by atoms with Gasteiger partial charge in [0.25, 0.3) is 0 Å². The van der Waals surface area contributed by atoms with Gasteiger partial charge in [0.2, 0.25) is 0 Å². The first-order valence-corrected chi connectivity index (χ1v) is 7.00. The van der Waals surface area contributed by atoms with Gasteiger partial charge in [0.05, 0.1) is 0 Å². The molecule has 2 N–H and O–H groups in total. The van der Waals surface area contributed by atoms with Crippen molar-refractivity contribution in [2.75, 3.05) is 0 Å². The maximum atomic E-state index is 9.22. The van der Waals surface area contributed by atoms with E-state index < -0.39 is 0 Å². The first-order valence-electron chi connectivity index (χ1n) is 5.92. The van der Waals surface area contributed by atoms with Gasteiger partial charge >= 0.3 is 0 Å². The summed E-state index contributed by atoms with van der Waals surface area (Å²) < 4.78 is 1.25. The van der Waals surface area contributed by atoms with E-state index >= 15 is 0 Å². The van der Waals surface area contributed by atoms with Gasteiger partial charge < -0.3 is 10.4 Å². The lowest BCUT2D eigenvalue weighted by Crippen LogP contribution is -2.17. The summed E-state index contributed by atoms with van der Waals surface area (Å²) in [7, 11) is 0. The summed E-state index contributed by atoms with van der Waals surface area (Å²) in [4.78, 5) is 0. The van der Waals surface area contributed by atoms with Crippen molar-refractivity contribution in [2.24, 2.45) is 0 Å². The molecule has 0 amide bonds. The fourth-order valence-electron chi connectivity index (χ4n) is 1.75. The van der Waals surface area contributed by atoms with Gasteiger partial charge in [-0.3, -0.25) is 0 Å². The molecule has 0 aromatic heterocycles. The van der Waals surface area contributed by atoms with Crippen LogP contribution >= 0.6 is 22.6 Å². The van der Waals surface area contributed by atoms with Crippen LogP contribution in [0.4, 0.5) is 0 Å². The van der Waals surface area contributed by atoms with E-state index in [1.54, 1.807) is 12.1 Å². The minimum Gasteiger partial charge on any atom is -0.508 e. The molecule has 2 nitrogen and oxygen atoms in total. The Labute approximate surface area is 121 Å². The van der Waals surface area contributed by atoms with Crippen LogP contribution in [0.5, 0.6) is 5.75 Å². The molecule has 0 saturated carbocycles. The van der Waals surface area contributed by atoms with Crippen LogP contribution in [0.1, 0.15) is 24.1 Å². The van der Waals surface area contributed by atoms with E-state index in [2.05, 4.69) is 59.1 Å². The Bertz CT molecular complexity index is 493. The number of phenols is 1. The topological polar surface area (TPSA) is 32.3 Å². The molecule has 0 spiro atoms. The third kappa shape index (κ3) is 3.71. The number of benzene rings is 2. The van der Waals surface area contributed by atoms with E-state index in [0.717, 1.165) is 6.54 Å². The van der Waals surface area contributed by atoms with Gasteiger partial charge in [-0.2, -0.15) is 0 Å². The quantitative estimate of drug-likeness (QED) is 0.819. The maximum absolute atomic E-state index is 9.22. The number of phenolic OH excluding ortho intramolecular Hbond substituents is 1. The molecule has 2 rings (SSSR count). The van der Waals surface area contributed by atoms with Crippen molar-refractivity contribution >= 4 is 22.6 Å². The number of aromatic hydroxyl groups is 1. The molecule has 2 aromatic rings. The van der Waals surface area contributed by atoms with Crippen molar-refractivity contribution < 1.29 is 5.11 Å². The van der Waals surface area contributed by atoms with Gasteiger partial charge in [0, 0.05) is 16.2 Å². The Kier molecular flexibility index (Phi) is 4.60. The second kappa shape index (κ2) is 6.20. The van der Waals surface area contributed by atoms with Crippen LogP contribution in [-0.4, -0.2) is 5.11 Å². The minimum absolute atomic E-state index is 0.310. The molecule has 0 aliphatic heterocycles. The number of hydrogen-bond donors (Lipinski definition) is 2. The summed E-state index contributed by atoms with van der Waals surface area (Å²) in [5, 5.41) is 12.7. The van der Waals surface area contributed by atoms with E-state index in [-0.39, 0.29) is 0 Å². The number of rotatable bonds is 4. The second-order valence-corrected chi connectivity index (χ2v) is 5.57. The van der Waals surface area contributed by atoms with Crippen LogP contribution in [0.15, 0.2) is 48.5 Å². The van der Waals surface area contributed by atoms with Gasteiger partial charge in [0.15, 0.2) is 0 Å². The molecular weight excluding hydrogens is 337 g/mol. The fourth-order valence-corrected chi connectivity index (χ4v) is 2.11. The highest BCUT2D eigenvalue weighted by atomic mass is 127. The van der Waals surface area contributed by atoms with Gasteiger partial charge in [-0.25, -0.2) is 0 Å². The average molecular weight is 353 g/mol. The van der Waals surface area contributed by atoms with Crippen molar-refractivity contribution in [3.63, 3.8) is 0 Å². The fraction of sp³-hybridized carbons (Fsp3) is 0.200. The molecule has 0 saturated heterocycles. The second-order valence-electron chi connectivity index (χ2n) is 4.32. The third-order valence-electron chi connectivity index (χ3n) is 2.92. The van der Waals surface area contributed by atoms with Crippen LogP contribution in [0, 0.1) is 3.57 Å². The molecule has 0 radical (unpaired) electrons. The average Bonchev–Trinajstić information content (AvgIpc) is 2.38. The zero-order valence-electron chi connectivity index (χ0n) is 10.2. The van der Waals surface area contributed by atoms with E-state index in [0.29, 0.717) is 11.8 Å². The SMILES string of the molecule is CC(NCc1ccc(O)cc1)c1ccc(I)cc1. The van der Waals surface area contributed by atoms with Gasteiger partial charge in [-0.15, -0.1) is 0 Å². The highest BCUT2D eigenvalue weighted by Gasteiger charge is 2.04. The summed E-state index contributed by atoms with van der Waals surface area (Å²) in [6.07, 6.45) is 0. The van der Waals surface area contributed by atoms with Gasteiger partial charge in [-0.1, -0.05) is 24.3 Å². The molecule has 0 aliphatic carbocycles. The van der Waals surface area contributed by atoms with Crippen molar-refractivity contribution in [1.29, 1.82) is 0 Å². The lowest BCUT2D eigenvalue weighted by molar-refractivity contribution is 0.474. The Hall–Kier alpha value is -1.07. The molecule has 94 valence electrons. The van der Waals surface area contributed by atoms with Gasteiger partial charge in [-0.05, 0) is 64.9 Å². The Morgan fingerprint density at radius 3 is 2.28 bits per heavy atom. The van der Waals surface area contributed by atoms with Crippen LogP contribution in [0.25, 0.3) is 0 Å². The van der Waals surface area contributed by atoms with E-state index in [1.165, 1.54) is 14.7 Å². The van der Waals surface area contributed by atoms with Crippen LogP contribution in [0.2, 0.25) is 0 Å². The van der Waals surface area contributed by atoms with Crippen LogP contribution < -0.4 is 5.32 Å². The van der Waals surface area contributed by atoms with Crippen LogP contribution in [0.3, 0.4) is 0 Å². The zero-order chi connectivity index (χ0) is 13.0. The molecule has 1 unspecified atom stereocenters. The summed E-state index contributed by atoms with van der Waals surface area (Å²) >= 11 is 2.31. The highest BCUT2D eigenvalue weighted by molar-refractivity contribution is 14.1.